The second kappa shape index (κ2) is 10.2. The zero-order valence-corrected chi connectivity index (χ0v) is 20.2. The summed E-state index contributed by atoms with van der Waals surface area (Å²) >= 11 is 12.1. The fourth-order valence-corrected chi connectivity index (χ4v) is 5.68. The Hall–Kier alpha value is -2.13. The molecule has 0 radical (unpaired) electrons. The van der Waals surface area contributed by atoms with Crippen LogP contribution in [0.4, 0.5) is 5.69 Å². The monoisotopic (exact) mass is 497 g/mol. The molecule has 1 aliphatic rings. The molecule has 2 aromatic carbocycles. The Morgan fingerprint density at radius 3 is 2.34 bits per heavy atom. The largest absolute Gasteiger partial charge is 0.332 e. The number of sulfonamides is 1. The maximum atomic E-state index is 12.9. The molecule has 32 heavy (non-hydrogen) atoms. The summed E-state index contributed by atoms with van der Waals surface area (Å²) in [4.78, 5) is 26.4. The number of para-hydroxylation sites is 1. The first-order valence-corrected chi connectivity index (χ1v) is 12.4. The molecular formula is C22H25Cl2N3O4S. The number of nitrogens with zero attached hydrogens (tertiary/aromatic N) is 2. The smallest absolute Gasteiger partial charge is 0.254 e. The summed E-state index contributed by atoms with van der Waals surface area (Å²) in [7, 11) is -2.12. The number of hydrogen-bond donors (Lipinski definition) is 1. The van der Waals surface area contributed by atoms with Gasteiger partial charge in [-0.15, -0.1) is 0 Å². The van der Waals surface area contributed by atoms with Gasteiger partial charge in [0.2, 0.25) is 15.9 Å². The fourth-order valence-electron chi connectivity index (χ4n) is 3.59. The lowest BCUT2D eigenvalue weighted by atomic mass is 10.0. The molecule has 0 bridgehead atoms. The molecule has 2 aromatic rings. The van der Waals surface area contributed by atoms with Crippen molar-refractivity contribution < 1.29 is 18.0 Å². The lowest BCUT2D eigenvalue weighted by Crippen LogP contribution is -2.39. The van der Waals surface area contributed by atoms with E-state index in [0.29, 0.717) is 29.1 Å². The lowest BCUT2D eigenvalue weighted by Gasteiger charge is -2.30. The Morgan fingerprint density at radius 1 is 1.12 bits per heavy atom. The first-order chi connectivity index (χ1) is 15.1. The Labute approximate surface area is 198 Å². The van der Waals surface area contributed by atoms with E-state index in [0.717, 1.165) is 12.8 Å². The number of carbonyl (C=O) groups is 2. The van der Waals surface area contributed by atoms with Gasteiger partial charge in [0, 0.05) is 25.7 Å². The van der Waals surface area contributed by atoms with Gasteiger partial charge < -0.3 is 10.2 Å². The molecule has 1 N–H and O–H groups in total. The van der Waals surface area contributed by atoms with Gasteiger partial charge in [0.15, 0.2) is 0 Å². The molecule has 1 saturated heterocycles. The van der Waals surface area contributed by atoms with Crippen molar-refractivity contribution in [1.29, 1.82) is 0 Å². The summed E-state index contributed by atoms with van der Waals surface area (Å²) in [5.41, 5.74) is 0.560. The van der Waals surface area contributed by atoms with E-state index in [-0.39, 0.29) is 22.7 Å². The highest BCUT2D eigenvalue weighted by Crippen LogP contribution is 2.29. The highest BCUT2D eigenvalue weighted by atomic mass is 35.5. The molecular weight excluding hydrogens is 473 g/mol. The van der Waals surface area contributed by atoms with Crippen LogP contribution in [0.15, 0.2) is 47.4 Å². The molecule has 7 nitrogen and oxygen atoms in total. The number of benzene rings is 2. The molecule has 3 rings (SSSR count). The van der Waals surface area contributed by atoms with Crippen molar-refractivity contribution in [2.45, 2.75) is 24.7 Å². The minimum atomic E-state index is -3.60. The van der Waals surface area contributed by atoms with Crippen molar-refractivity contribution >= 4 is 50.7 Å². The summed E-state index contributed by atoms with van der Waals surface area (Å²) in [6, 6.07) is 10.6. The predicted octanol–water partition coefficient (Wildman–Crippen LogP) is 4.12. The molecule has 10 heteroatoms. The molecule has 2 amide bonds. The van der Waals surface area contributed by atoms with Crippen LogP contribution in [0.3, 0.4) is 0 Å². The van der Waals surface area contributed by atoms with Crippen molar-refractivity contribution in [3.8, 4) is 0 Å². The van der Waals surface area contributed by atoms with E-state index in [1.54, 1.807) is 18.2 Å². The number of piperidine rings is 1. The molecule has 1 fully saturated rings. The minimum Gasteiger partial charge on any atom is -0.332 e. The van der Waals surface area contributed by atoms with Crippen LogP contribution >= 0.6 is 23.2 Å². The van der Waals surface area contributed by atoms with Gasteiger partial charge in [-0.1, -0.05) is 36.2 Å². The van der Waals surface area contributed by atoms with Crippen LogP contribution in [0.5, 0.6) is 0 Å². The van der Waals surface area contributed by atoms with Gasteiger partial charge in [-0.05, 0) is 55.2 Å². The van der Waals surface area contributed by atoms with Crippen LogP contribution in [0.2, 0.25) is 10.0 Å². The van der Waals surface area contributed by atoms with E-state index in [4.69, 9.17) is 23.2 Å². The predicted molar refractivity (Wildman–Crippen MR) is 126 cm³/mol. The molecule has 0 unspecified atom stereocenters. The number of anilines is 1. The van der Waals surface area contributed by atoms with Gasteiger partial charge in [-0.25, -0.2) is 8.42 Å². The average molecular weight is 498 g/mol. The Bertz CT molecular complexity index is 1090. The number of carbonyl (C=O) groups excluding carboxylic acids is 2. The number of hydrogen-bond acceptors (Lipinski definition) is 4. The van der Waals surface area contributed by atoms with E-state index in [9.17, 15) is 18.0 Å². The number of nitrogens with one attached hydrogen (secondary N) is 1. The van der Waals surface area contributed by atoms with Crippen molar-refractivity contribution in [1.82, 2.24) is 9.21 Å². The van der Waals surface area contributed by atoms with Gasteiger partial charge in [-0.2, -0.15) is 4.31 Å². The van der Waals surface area contributed by atoms with Gasteiger partial charge >= 0.3 is 0 Å². The fraction of sp³-hybridized carbons (Fsp3) is 0.364. The molecule has 0 saturated carbocycles. The van der Waals surface area contributed by atoms with Crippen LogP contribution in [0.1, 0.15) is 30.1 Å². The topological polar surface area (TPSA) is 86.8 Å². The van der Waals surface area contributed by atoms with Gasteiger partial charge in [0.05, 0.1) is 27.2 Å². The third kappa shape index (κ3) is 5.61. The molecule has 1 heterocycles. The molecule has 0 spiro atoms. The maximum absolute atomic E-state index is 12.9. The Balaban J connectivity index is 1.65. The number of likely N-dealkylation sites (N-methyl/N-ethyl adjacent to an activating group) is 1. The molecule has 1 atom stereocenters. The van der Waals surface area contributed by atoms with Gasteiger partial charge in [0.1, 0.15) is 0 Å². The van der Waals surface area contributed by atoms with Gasteiger partial charge in [0.25, 0.3) is 5.91 Å². The summed E-state index contributed by atoms with van der Waals surface area (Å²) in [6.07, 6.45) is 1.85. The standard InChI is InChI=1S/C22H25Cl2N3O4S/c1-15-5-4-12-27(13-15)32(30,31)17-10-8-16(9-11-17)22(29)26(2)14-20(28)25-21-18(23)6-3-7-19(21)24/h3,6-11,15H,4-5,12-14H2,1-2H3,(H,25,28)/t15-/m1/s1. The average Bonchev–Trinajstić information content (AvgIpc) is 2.76. The van der Waals surface area contributed by atoms with Crippen LogP contribution in [0, 0.1) is 5.92 Å². The highest BCUT2D eigenvalue weighted by molar-refractivity contribution is 7.89. The maximum Gasteiger partial charge on any atom is 0.254 e. The zero-order chi connectivity index (χ0) is 23.5. The van der Waals surface area contributed by atoms with Crippen molar-refractivity contribution in [3.63, 3.8) is 0 Å². The Kier molecular flexibility index (Phi) is 7.82. The van der Waals surface area contributed by atoms with E-state index in [1.807, 2.05) is 6.92 Å². The third-order valence-corrected chi connectivity index (χ3v) is 7.82. The molecule has 1 aliphatic heterocycles. The summed E-state index contributed by atoms with van der Waals surface area (Å²) in [5, 5.41) is 3.19. The van der Waals surface area contributed by atoms with Crippen LogP contribution in [-0.2, 0) is 14.8 Å². The van der Waals surface area contributed by atoms with E-state index >= 15 is 0 Å². The zero-order valence-electron chi connectivity index (χ0n) is 17.8. The van der Waals surface area contributed by atoms with Crippen LogP contribution in [-0.4, -0.2) is 56.1 Å². The quantitative estimate of drug-likeness (QED) is 0.649. The van der Waals surface area contributed by atoms with Crippen molar-refractivity contribution in [2.24, 2.45) is 5.92 Å². The third-order valence-electron chi connectivity index (χ3n) is 5.31. The SMILES string of the molecule is C[C@@H]1CCCN(S(=O)(=O)c2ccc(C(=O)N(C)CC(=O)Nc3c(Cl)cccc3Cl)cc2)C1. The molecule has 172 valence electrons. The summed E-state index contributed by atoms with van der Waals surface area (Å²) in [5.74, 6) is -0.560. The Morgan fingerprint density at radius 2 is 1.75 bits per heavy atom. The van der Waals surface area contributed by atoms with E-state index < -0.39 is 21.8 Å². The second-order valence-electron chi connectivity index (χ2n) is 7.94. The first-order valence-electron chi connectivity index (χ1n) is 10.2. The van der Waals surface area contributed by atoms with Gasteiger partial charge in [-0.3, -0.25) is 9.59 Å². The number of amides is 2. The summed E-state index contributed by atoms with van der Waals surface area (Å²) < 4.78 is 27.3. The first kappa shape index (κ1) is 24.5. The van der Waals surface area contributed by atoms with Crippen molar-refractivity contribution in [2.75, 3.05) is 32.0 Å². The normalized spacial score (nSPS) is 17.1. The van der Waals surface area contributed by atoms with Crippen LogP contribution in [0.25, 0.3) is 0 Å². The lowest BCUT2D eigenvalue weighted by molar-refractivity contribution is -0.116. The number of halogens is 2. The summed E-state index contributed by atoms with van der Waals surface area (Å²) in [6.45, 7) is 2.80. The molecule has 0 aromatic heterocycles. The van der Waals surface area contributed by atoms with Crippen LogP contribution < -0.4 is 5.32 Å². The van der Waals surface area contributed by atoms with E-state index in [2.05, 4.69) is 5.32 Å². The second-order valence-corrected chi connectivity index (χ2v) is 10.7. The highest BCUT2D eigenvalue weighted by Gasteiger charge is 2.29. The minimum absolute atomic E-state index is 0.150. The van der Waals surface area contributed by atoms with E-state index in [1.165, 1.54) is 40.5 Å². The van der Waals surface area contributed by atoms with Crippen molar-refractivity contribution in [3.05, 3.63) is 58.1 Å². The number of rotatable bonds is 6. The molecule has 0 aliphatic carbocycles.